The molecule has 3 aromatic rings. The Bertz CT molecular complexity index is 771. The van der Waals surface area contributed by atoms with Crippen molar-refractivity contribution in [3.05, 3.63) is 66.7 Å². The van der Waals surface area contributed by atoms with E-state index in [1.165, 1.54) is 6.33 Å². The number of nitrogens with zero attached hydrogens (tertiary/aromatic N) is 4. The lowest BCUT2D eigenvalue weighted by Crippen LogP contribution is -2.21. The van der Waals surface area contributed by atoms with Crippen molar-refractivity contribution in [3.63, 3.8) is 0 Å². The molecule has 1 unspecified atom stereocenters. The Morgan fingerprint density at radius 3 is 2.74 bits per heavy atom. The van der Waals surface area contributed by atoms with Crippen LogP contribution in [0.4, 0.5) is 5.82 Å². The van der Waals surface area contributed by atoms with Gasteiger partial charge in [-0.2, -0.15) is 5.10 Å². The maximum Gasteiger partial charge on any atom is 0.233 e. The van der Waals surface area contributed by atoms with E-state index in [0.717, 1.165) is 5.56 Å². The molecule has 0 aliphatic carbocycles. The Morgan fingerprint density at radius 1 is 1.22 bits per heavy atom. The van der Waals surface area contributed by atoms with Gasteiger partial charge in [-0.3, -0.25) is 4.79 Å². The number of benzene rings is 1. The number of carbonyl (C=O) groups excluding carboxylic acids is 1. The van der Waals surface area contributed by atoms with Crippen molar-refractivity contribution < 1.29 is 4.79 Å². The smallest absolute Gasteiger partial charge is 0.233 e. The van der Waals surface area contributed by atoms with Crippen molar-refractivity contribution in [2.45, 2.75) is 19.3 Å². The summed E-state index contributed by atoms with van der Waals surface area (Å²) in [5, 5.41) is 6.98. The van der Waals surface area contributed by atoms with E-state index >= 15 is 0 Å². The van der Waals surface area contributed by atoms with Crippen LogP contribution in [-0.2, 0) is 4.79 Å². The molecule has 2 heterocycles. The highest BCUT2D eigenvalue weighted by Gasteiger charge is 2.19. The fourth-order valence-electron chi connectivity index (χ4n) is 2.42. The highest BCUT2D eigenvalue weighted by atomic mass is 16.1. The molecule has 23 heavy (non-hydrogen) atoms. The highest BCUT2D eigenvalue weighted by molar-refractivity contribution is 5.95. The molecule has 0 aliphatic heterocycles. The van der Waals surface area contributed by atoms with Gasteiger partial charge in [-0.05, 0) is 18.1 Å². The Labute approximate surface area is 134 Å². The number of rotatable bonds is 5. The monoisotopic (exact) mass is 307 g/mol. The van der Waals surface area contributed by atoms with Gasteiger partial charge in [0.15, 0.2) is 5.82 Å². The van der Waals surface area contributed by atoms with E-state index in [4.69, 9.17) is 0 Å². The molecule has 1 N–H and O–H groups in total. The minimum absolute atomic E-state index is 0.0798. The Kier molecular flexibility index (Phi) is 4.42. The summed E-state index contributed by atoms with van der Waals surface area (Å²) in [6.07, 6.45) is 5.58. The molecule has 6 heteroatoms. The van der Waals surface area contributed by atoms with Gasteiger partial charge in [-0.25, -0.2) is 14.6 Å². The second kappa shape index (κ2) is 6.83. The van der Waals surface area contributed by atoms with E-state index in [9.17, 15) is 4.79 Å². The van der Waals surface area contributed by atoms with Crippen LogP contribution in [0.25, 0.3) is 5.82 Å². The fraction of sp³-hybridized carbons (Fsp3) is 0.176. The largest absolute Gasteiger partial charge is 0.310 e. The van der Waals surface area contributed by atoms with Crippen LogP contribution in [0, 0.1) is 0 Å². The predicted octanol–water partition coefficient (Wildman–Crippen LogP) is 2.79. The molecule has 1 aromatic carbocycles. The number of hydrogen-bond donors (Lipinski definition) is 1. The summed E-state index contributed by atoms with van der Waals surface area (Å²) in [4.78, 5) is 20.8. The molecule has 0 spiro atoms. The first-order valence-electron chi connectivity index (χ1n) is 7.46. The van der Waals surface area contributed by atoms with Gasteiger partial charge < -0.3 is 5.32 Å². The van der Waals surface area contributed by atoms with Gasteiger partial charge in [0.1, 0.15) is 12.1 Å². The van der Waals surface area contributed by atoms with Crippen molar-refractivity contribution in [3.8, 4) is 5.82 Å². The molecule has 2 aromatic heterocycles. The summed E-state index contributed by atoms with van der Waals surface area (Å²) in [6.45, 7) is 1.99. The molecule has 0 radical (unpaired) electrons. The average molecular weight is 307 g/mol. The molecule has 1 amide bonds. The summed E-state index contributed by atoms with van der Waals surface area (Å²) >= 11 is 0. The molecule has 0 aliphatic rings. The van der Waals surface area contributed by atoms with Crippen molar-refractivity contribution in [2.75, 3.05) is 5.32 Å². The molecule has 0 bridgehead atoms. The van der Waals surface area contributed by atoms with Crippen LogP contribution < -0.4 is 5.32 Å². The lowest BCUT2D eigenvalue weighted by molar-refractivity contribution is -0.117. The Hall–Kier alpha value is -3.02. The van der Waals surface area contributed by atoms with Crippen molar-refractivity contribution in [1.82, 2.24) is 19.7 Å². The normalized spacial score (nSPS) is 11.9. The molecular formula is C17H17N5O. The molecule has 116 valence electrons. The summed E-state index contributed by atoms with van der Waals surface area (Å²) in [7, 11) is 0. The number of hydrogen-bond acceptors (Lipinski definition) is 4. The van der Waals surface area contributed by atoms with Gasteiger partial charge in [0.05, 0.1) is 5.92 Å². The van der Waals surface area contributed by atoms with Gasteiger partial charge in [0.25, 0.3) is 0 Å². The van der Waals surface area contributed by atoms with Crippen molar-refractivity contribution >= 4 is 11.7 Å². The first kappa shape index (κ1) is 14.9. The summed E-state index contributed by atoms with van der Waals surface area (Å²) in [5.74, 6) is 0.779. The van der Waals surface area contributed by atoms with E-state index in [0.29, 0.717) is 18.1 Å². The minimum Gasteiger partial charge on any atom is -0.310 e. The topological polar surface area (TPSA) is 72.7 Å². The molecule has 6 nitrogen and oxygen atoms in total. The van der Waals surface area contributed by atoms with E-state index in [1.807, 2.05) is 43.3 Å². The summed E-state index contributed by atoms with van der Waals surface area (Å²) in [5.41, 5.74) is 0.994. The first-order valence-corrected chi connectivity index (χ1v) is 7.46. The maximum atomic E-state index is 12.5. The summed E-state index contributed by atoms with van der Waals surface area (Å²) in [6, 6.07) is 13.2. The molecular weight excluding hydrogens is 290 g/mol. The molecule has 0 fully saturated rings. The third-order valence-corrected chi connectivity index (χ3v) is 3.57. The minimum atomic E-state index is -0.209. The summed E-state index contributed by atoms with van der Waals surface area (Å²) < 4.78 is 1.62. The third kappa shape index (κ3) is 3.42. The van der Waals surface area contributed by atoms with Gasteiger partial charge in [-0.15, -0.1) is 0 Å². The quantitative estimate of drug-likeness (QED) is 0.786. The lowest BCUT2D eigenvalue weighted by Gasteiger charge is -2.15. The van der Waals surface area contributed by atoms with Gasteiger partial charge in [-0.1, -0.05) is 37.3 Å². The maximum absolute atomic E-state index is 12.5. The number of anilines is 1. The van der Waals surface area contributed by atoms with E-state index in [1.54, 1.807) is 23.1 Å². The van der Waals surface area contributed by atoms with Crippen LogP contribution in [0.5, 0.6) is 0 Å². The second-order valence-corrected chi connectivity index (χ2v) is 5.07. The van der Waals surface area contributed by atoms with Crippen molar-refractivity contribution in [2.24, 2.45) is 0 Å². The Morgan fingerprint density at radius 2 is 2.04 bits per heavy atom. The number of aromatic nitrogens is 4. The molecule has 0 saturated carbocycles. The second-order valence-electron chi connectivity index (χ2n) is 5.07. The predicted molar refractivity (Wildman–Crippen MR) is 87.3 cm³/mol. The van der Waals surface area contributed by atoms with Gasteiger partial charge in [0.2, 0.25) is 5.91 Å². The SMILES string of the molecule is CCC(C(=O)Nc1cc(-n2cccn2)ncn1)c1ccccc1. The van der Waals surface area contributed by atoms with E-state index in [2.05, 4.69) is 20.4 Å². The third-order valence-electron chi connectivity index (χ3n) is 3.57. The van der Waals surface area contributed by atoms with Crippen LogP contribution in [0.2, 0.25) is 0 Å². The van der Waals surface area contributed by atoms with Crippen molar-refractivity contribution in [1.29, 1.82) is 0 Å². The zero-order chi connectivity index (χ0) is 16.1. The average Bonchev–Trinajstić information content (AvgIpc) is 3.11. The first-order chi connectivity index (χ1) is 11.3. The van der Waals surface area contributed by atoms with Crippen LogP contribution in [-0.4, -0.2) is 25.7 Å². The molecule has 1 atom stereocenters. The molecule has 0 saturated heterocycles. The van der Waals surface area contributed by atoms with Crippen LogP contribution in [0.15, 0.2) is 61.2 Å². The molecule has 3 rings (SSSR count). The number of nitrogens with one attached hydrogen (secondary N) is 1. The highest BCUT2D eigenvalue weighted by Crippen LogP contribution is 2.21. The zero-order valence-electron chi connectivity index (χ0n) is 12.8. The van der Waals surface area contributed by atoms with Gasteiger partial charge >= 0.3 is 0 Å². The van der Waals surface area contributed by atoms with Crippen LogP contribution in [0.1, 0.15) is 24.8 Å². The number of amides is 1. The fourth-order valence-corrected chi connectivity index (χ4v) is 2.42. The lowest BCUT2D eigenvalue weighted by atomic mass is 9.96. The Balaban J connectivity index is 1.78. The van der Waals surface area contributed by atoms with Crippen LogP contribution >= 0.6 is 0 Å². The standard InChI is InChI=1S/C17H17N5O/c1-2-14(13-7-4-3-5-8-13)17(23)21-15-11-16(19-12-18-15)22-10-6-9-20-22/h3-12,14H,2H2,1H3,(H,18,19,21,23). The van der Waals surface area contributed by atoms with E-state index in [-0.39, 0.29) is 11.8 Å². The van der Waals surface area contributed by atoms with Crippen LogP contribution in [0.3, 0.4) is 0 Å². The number of carbonyl (C=O) groups is 1. The zero-order valence-corrected chi connectivity index (χ0v) is 12.8. The van der Waals surface area contributed by atoms with Gasteiger partial charge in [0, 0.05) is 18.5 Å². The van der Waals surface area contributed by atoms with E-state index < -0.39 is 0 Å².